The van der Waals surface area contributed by atoms with Crippen LogP contribution in [0.25, 0.3) is 0 Å². The van der Waals surface area contributed by atoms with Crippen LogP contribution >= 0.6 is 0 Å². The molecule has 0 spiro atoms. The van der Waals surface area contributed by atoms with Crippen LogP contribution in [0.1, 0.15) is 0 Å². The minimum absolute atomic E-state index is 0.119. The van der Waals surface area contributed by atoms with E-state index in [0.717, 1.165) is 11.9 Å². The number of hydrogen-bond acceptors (Lipinski definition) is 7. The third-order valence-electron chi connectivity index (χ3n) is 2.61. The zero-order chi connectivity index (χ0) is 16.2. The predicted octanol–water partition coefficient (Wildman–Crippen LogP) is 2.90. The molecule has 1 heterocycles. The van der Waals surface area contributed by atoms with Crippen LogP contribution < -0.4 is 9.08 Å². The molecule has 0 aliphatic rings. The topological polar surface area (TPSA) is 84.2 Å². The zero-order valence-electron chi connectivity index (χ0n) is 12.5. The Labute approximate surface area is 129 Å². The number of aromatic nitrogens is 1. The molecule has 0 saturated heterocycles. The summed E-state index contributed by atoms with van der Waals surface area (Å²) in [5.74, 6) is 0.540. The molecule has 0 unspecified atom stereocenters. The third-order valence-corrected chi connectivity index (χ3v) is 3.09. The van der Waals surface area contributed by atoms with Crippen molar-refractivity contribution in [1.29, 1.82) is 0 Å². The van der Waals surface area contributed by atoms with Gasteiger partial charge in [-0.1, -0.05) is 6.07 Å². The van der Waals surface area contributed by atoms with Crippen LogP contribution in [0.3, 0.4) is 0 Å². The van der Waals surface area contributed by atoms with Crippen molar-refractivity contribution in [2.45, 2.75) is 0 Å². The smallest absolute Gasteiger partial charge is 0.306 e. The number of anilines is 1. The Bertz CT molecular complexity index is 774. The summed E-state index contributed by atoms with van der Waals surface area (Å²) in [6, 6.07) is 10.3. The average Bonchev–Trinajstić information content (AvgIpc) is 2.45. The van der Waals surface area contributed by atoms with Crippen LogP contribution in [0.2, 0.25) is 0 Å². The minimum atomic E-state index is -3.66. The highest BCUT2D eigenvalue weighted by molar-refractivity contribution is 7.86. The van der Waals surface area contributed by atoms with Crippen LogP contribution in [0.15, 0.2) is 52.8 Å². The van der Waals surface area contributed by atoms with Gasteiger partial charge in [0, 0.05) is 32.0 Å². The first-order chi connectivity index (χ1) is 10.3. The molecule has 116 valence electrons. The normalized spacial score (nSPS) is 11.6. The van der Waals surface area contributed by atoms with Gasteiger partial charge in [-0.25, -0.2) is 4.98 Å². The average molecular weight is 320 g/mol. The first kappa shape index (κ1) is 15.9. The molecule has 0 radical (unpaired) electrons. The maximum absolute atomic E-state index is 11.4. The quantitative estimate of drug-likeness (QED) is 0.624. The molecule has 0 fully saturated rings. The van der Waals surface area contributed by atoms with Crippen LogP contribution in [-0.2, 0) is 10.1 Å². The molecule has 8 heteroatoms. The summed E-state index contributed by atoms with van der Waals surface area (Å²) in [7, 11) is 0.0229. The summed E-state index contributed by atoms with van der Waals surface area (Å²) in [5, 5.41) is 7.98. The summed E-state index contributed by atoms with van der Waals surface area (Å²) >= 11 is 0. The summed E-state index contributed by atoms with van der Waals surface area (Å²) in [6.07, 6.45) is 2.58. The standard InChI is InChI=1S/C14H16N4O3S/c1-18(2)11-7-8-12(13(10-11)21-22(3,19)20)16-17-14-6-4-5-9-15-14/h4-10H,1-3H3. The minimum Gasteiger partial charge on any atom is -0.380 e. The fraction of sp³-hybridized carbons (Fsp3) is 0.214. The Morgan fingerprint density at radius 2 is 1.91 bits per heavy atom. The second-order valence-corrected chi connectivity index (χ2v) is 6.30. The lowest BCUT2D eigenvalue weighted by molar-refractivity contribution is 0.493. The number of rotatable bonds is 5. The lowest BCUT2D eigenvalue weighted by Gasteiger charge is -2.14. The molecule has 0 atom stereocenters. The molecule has 1 aromatic heterocycles. The maximum Gasteiger partial charge on any atom is 0.306 e. The van der Waals surface area contributed by atoms with Crippen molar-refractivity contribution in [2.75, 3.05) is 25.3 Å². The molecule has 0 aliphatic heterocycles. The van der Waals surface area contributed by atoms with Crippen molar-refractivity contribution in [1.82, 2.24) is 4.98 Å². The Hall–Kier alpha value is -2.48. The van der Waals surface area contributed by atoms with E-state index in [1.165, 1.54) is 0 Å². The maximum atomic E-state index is 11.4. The van der Waals surface area contributed by atoms with Gasteiger partial charge in [0.05, 0.1) is 6.26 Å². The van der Waals surface area contributed by atoms with Crippen LogP contribution in [-0.4, -0.2) is 33.8 Å². The van der Waals surface area contributed by atoms with Crippen molar-refractivity contribution in [3.8, 4) is 5.75 Å². The highest BCUT2D eigenvalue weighted by Gasteiger charge is 2.12. The fourth-order valence-corrected chi connectivity index (χ4v) is 2.07. The molecular weight excluding hydrogens is 304 g/mol. The van der Waals surface area contributed by atoms with Crippen molar-refractivity contribution >= 4 is 27.3 Å². The number of nitrogens with zero attached hydrogens (tertiary/aromatic N) is 4. The van der Waals surface area contributed by atoms with Gasteiger partial charge in [0.2, 0.25) is 0 Å². The third kappa shape index (κ3) is 4.52. The molecule has 7 nitrogen and oxygen atoms in total. The number of azo groups is 1. The van der Waals surface area contributed by atoms with E-state index in [0.29, 0.717) is 11.5 Å². The molecule has 0 saturated carbocycles. The van der Waals surface area contributed by atoms with Crippen molar-refractivity contribution in [3.05, 3.63) is 42.6 Å². The van der Waals surface area contributed by atoms with E-state index in [2.05, 4.69) is 15.2 Å². The zero-order valence-corrected chi connectivity index (χ0v) is 13.3. The molecule has 2 rings (SSSR count). The first-order valence-electron chi connectivity index (χ1n) is 6.39. The molecule has 22 heavy (non-hydrogen) atoms. The number of benzene rings is 1. The van der Waals surface area contributed by atoms with Gasteiger partial charge >= 0.3 is 10.1 Å². The Balaban J connectivity index is 2.39. The van der Waals surface area contributed by atoms with Crippen LogP contribution in [0.5, 0.6) is 5.75 Å². The van der Waals surface area contributed by atoms with Crippen molar-refractivity contribution < 1.29 is 12.6 Å². The number of pyridine rings is 1. The van der Waals surface area contributed by atoms with Crippen molar-refractivity contribution in [3.63, 3.8) is 0 Å². The van der Waals surface area contributed by atoms with E-state index >= 15 is 0 Å². The van der Waals surface area contributed by atoms with Gasteiger partial charge in [0.15, 0.2) is 11.6 Å². The van der Waals surface area contributed by atoms with Crippen LogP contribution in [0.4, 0.5) is 17.2 Å². The summed E-state index contributed by atoms with van der Waals surface area (Å²) in [5.41, 5.74) is 1.09. The summed E-state index contributed by atoms with van der Waals surface area (Å²) < 4.78 is 27.8. The van der Waals surface area contributed by atoms with E-state index in [1.54, 1.807) is 42.6 Å². The van der Waals surface area contributed by atoms with Gasteiger partial charge in [-0.3, -0.25) is 0 Å². The largest absolute Gasteiger partial charge is 0.380 e. The molecule has 0 aliphatic carbocycles. The van der Waals surface area contributed by atoms with Gasteiger partial charge in [-0.05, 0) is 24.3 Å². The molecule has 1 aromatic carbocycles. The first-order valence-corrected chi connectivity index (χ1v) is 8.20. The Morgan fingerprint density at radius 1 is 1.14 bits per heavy atom. The van der Waals surface area contributed by atoms with Crippen molar-refractivity contribution in [2.24, 2.45) is 10.2 Å². The summed E-state index contributed by atoms with van der Waals surface area (Å²) in [6.45, 7) is 0. The molecule has 2 aromatic rings. The lowest BCUT2D eigenvalue weighted by Crippen LogP contribution is -2.10. The van der Waals surface area contributed by atoms with E-state index < -0.39 is 10.1 Å². The van der Waals surface area contributed by atoms with Gasteiger partial charge in [0.25, 0.3) is 0 Å². The second-order valence-electron chi connectivity index (χ2n) is 4.72. The SMILES string of the molecule is CN(C)c1ccc(N=Nc2ccccn2)c(OS(C)(=O)=O)c1. The van der Waals surface area contributed by atoms with E-state index in [-0.39, 0.29) is 5.75 Å². The van der Waals surface area contributed by atoms with Gasteiger partial charge in [-0.2, -0.15) is 8.42 Å². The lowest BCUT2D eigenvalue weighted by atomic mass is 10.2. The molecule has 0 amide bonds. The summed E-state index contributed by atoms with van der Waals surface area (Å²) in [4.78, 5) is 5.84. The predicted molar refractivity (Wildman–Crippen MR) is 84.7 cm³/mol. The highest BCUT2D eigenvalue weighted by atomic mass is 32.2. The van der Waals surface area contributed by atoms with E-state index in [9.17, 15) is 8.42 Å². The Kier molecular flexibility index (Phi) is 4.71. The van der Waals surface area contributed by atoms with Gasteiger partial charge in [-0.15, -0.1) is 10.2 Å². The van der Waals surface area contributed by atoms with Gasteiger partial charge < -0.3 is 9.08 Å². The van der Waals surface area contributed by atoms with E-state index in [4.69, 9.17) is 4.18 Å². The highest BCUT2D eigenvalue weighted by Crippen LogP contribution is 2.33. The fourth-order valence-electron chi connectivity index (χ4n) is 1.61. The second kappa shape index (κ2) is 6.52. The Morgan fingerprint density at radius 3 is 2.50 bits per heavy atom. The van der Waals surface area contributed by atoms with Crippen LogP contribution in [0, 0.1) is 0 Å². The molecular formula is C14H16N4O3S. The molecule has 0 N–H and O–H groups in total. The monoisotopic (exact) mass is 320 g/mol. The molecule has 0 bridgehead atoms. The van der Waals surface area contributed by atoms with E-state index in [1.807, 2.05) is 19.0 Å². The van der Waals surface area contributed by atoms with Gasteiger partial charge in [0.1, 0.15) is 5.69 Å². The number of hydrogen-bond donors (Lipinski definition) is 0.